The Hall–Kier alpha value is -1.16. The van der Waals surface area contributed by atoms with Crippen molar-refractivity contribution in [2.75, 3.05) is 0 Å². The van der Waals surface area contributed by atoms with Crippen LogP contribution in [0.15, 0.2) is 6.07 Å². The van der Waals surface area contributed by atoms with E-state index in [9.17, 15) is 0 Å². The van der Waals surface area contributed by atoms with E-state index in [4.69, 9.17) is 22.7 Å². The molecule has 0 aliphatic heterocycles. The van der Waals surface area contributed by atoms with Gasteiger partial charge in [0, 0.05) is 5.69 Å². The molecule has 0 aliphatic carbocycles. The minimum atomic E-state index is 0.104. The first-order chi connectivity index (χ1) is 8.31. The Morgan fingerprint density at radius 3 is 2.50 bits per heavy atom. The highest BCUT2D eigenvalue weighted by molar-refractivity contribution is 7.80. The maximum atomic E-state index is 5.90. The van der Waals surface area contributed by atoms with Crippen LogP contribution in [0.1, 0.15) is 44.0 Å². The fourth-order valence-corrected chi connectivity index (χ4v) is 2.34. The Labute approximate surface area is 115 Å². The summed E-state index contributed by atoms with van der Waals surface area (Å²) >= 11 is 5.08. The normalized spacial score (nSPS) is 12.6. The number of hydrogen-bond donors (Lipinski definition) is 1. The van der Waals surface area contributed by atoms with Gasteiger partial charge in [-0.1, -0.05) is 26.1 Å². The number of pyridine rings is 1. The monoisotopic (exact) mass is 266 g/mol. The molecule has 0 spiro atoms. The van der Waals surface area contributed by atoms with Crippen molar-refractivity contribution in [3.8, 4) is 5.88 Å². The van der Waals surface area contributed by atoms with E-state index in [2.05, 4.69) is 18.8 Å². The summed E-state index contributed by atoms with van der Waals surface area (Å²) in [6, 6.07) is 1.97. The van der Waals surface area contributed by atoms with Gasteiger partial charge in [-0.2, -0.15) is 0 Å². The minimum absolute atomic E-state index is 0.104. The molecule has 0 aromatic carbocycles. The van der Waals surface area contributed by atoms with Gasteiger partial charge in [-0.15, -0.1) is 0 Å². The highest BCUT2D eigenvalue weighted by Gasteiger charge is 2.16. The number of aromatic nitrogens is 1. The topological polar surface area (TPSA) is 48.1 Å². The van der Waals surface area contributed by atoms with Gasteiger partial charge in [0.2, 0.25) is 5.88 Å². The molecule has 2 N–H and O–H groups in total. The maximum absolute atomic E-state index is 5.90. The van der Waals surface area contributed by atoms with Crippen molar-refractivity contribution in [3.63, 3.8) is 0 Å². The third-order valence-corrected chi connectivity index (χ3v) is 2.88. The summed E-state index contributed by atoms with van der Waals surface area (Å²) in [7, 11) is 0. The van der Waals surface area contributed by atoms with Gasteiger partial charge in [0.15, 0.2) is 0 Å². The summed E-state index contributed by atoms with van der Waals surface area (Å²) in [5.41, 5.74) is 8.44. The quantitative estimate of drug-likeness (QED) is 0.832. The lowest BCUT2D eigenvalue weighted by Gasteiger charge is -2.19. The second kappa shape index (κ2) is 6.14. The molecular formula is C14H22N2OS. The third kappa shape index (κ3) is 3.95. The van der Waals surface area contributed by atoms with E-state index in [1.54, 1.807) is 0 Å². The zero-order valence-corrected chi connectivity index (χ0v) is 12.6. The third-order valence-electron chi connectivity index (χ3n) is 2.67. The predicted octanol–water partition coefficient (Wildman–Crippen LogP) is 3.15. The highest BCUT2D eigenvalue weighted by Crippen LogP contribution is 2.23. The van der Waals surface area contributed by atoms with Crippen LogP contribution in [0, 0.1) is 19.8 Å². The number of nitrogens with two attached hydrogens (primary N) is 1. The summed E-state index contributed by atoms with van der Waals surface area (Å²) in [4.78, 5) is 4.75. The van der Waals surface area contributed by atoms with Crippen LogP contribution in [-0.2, 0) is 0 Å². The second-order valence-electron chi connectivity index (χ2n) is 5.18. The summed E-state index contributed by atoms with van der Waals surface area (Å²) in [6.45, 7) is 10.3. The van der Waals surface area contributed by atoms with E-state index in [1.165, 1.54) is 0 Å². The number of nitrogens with zero attached hydrogens (tertiary/aromatic N) is 1. The number of thiocarbonyl (C=S) groups is 1. The van der Waals surface area contributed by atoms with E-state index >= 15 is 0 Å². The van der Waals surface area contributed by atoms with Crippen LogP contribution in [0.4, 0.5) is 0 Å². The fourth-order valence-electron chi connectivity index (χ4n) is 2.09. The molecule has 0 aliphatic rings. The Bertz CT molecular complexity index is 444. The van der Waals surface area contributed by atoms with Crippen molar-refractivity contribution in [2.45, 2.75) is 47.1 Å². The molecule has 1 heterocycles. The Morgan fingerprint density at radius 2 is 2.00 bits per heavy atom. The molecule has 1 atom stereocenters. The Morgan fingerprint density at radius 1 is 1.39 bits per heavy atom. The maximum Gasteiger partial charge on any atom is 0.224 e. The van der Waals surface area contributed by atoms with Gasteiger partial charge < -0.3 is 10.5 Å². The van der Waals surface area contributed by atoms with Gasteiger partial charge in [-0.3, -0.25) is 0 Å². The number of aryl methyl sites for hydroxylation is 2. The lowest BCUT2D eigenvalue weighted by Crippen LogP contribution is -2.20. The van der Waals surface area contributed by atoms with E-state index < -0.39 is 0 Å². The first-order valence-electron chi connectivity index (χ1n) is 6.26. The molecule has 1 rings (SSSR count). The average Bonchev–Trinajstić information content (AvgIpc) is 2.12. The molecule has 0 fully saturated rings. The summed E-state index contributed by atoms with van der Waals surface area (Å²) in [5, 5.41) is 0. The largest absolute Gasteiger partial charge is 0.474 e. The lowest BCUT2D eigenvalue weighted by molar-refractivity contribution is 0.185. The van der Waals surface area contributed by atoms with Gasteiger partial charge in [0.1, 0.15) is 4.99 Å². The molecule has 1 unspecified atom stereocenters. The van der Waals surface area contributed by atoms with E-state index in [1.807, 2.05) is 26.8 Å². The van der Waals surface area contributed by atoms with Gasteiger partial charge in [-0.25, -0.2) is 4.98 Å². The number of ether oxygens (including phenoxy) is 1. The first kappa shape index (κ1) is 14.9. The van der Waals surface area contributed by atoms with Crippen molar-refractivity contribution in [2.24, 2.45) is 11.7 Å². The molecule has 0 saturated heterocycles. The average molecular weight is 266 g/mol. The van der Waals surface area contributed by atoms with Gasteiger partial charge >= 0.3 is 0 Å². The molecule has 0 bridgehead atoms. The van der Waals surface area contributed by atoms with Gasteiger partial charge in [0.25, 0.3) is 0 Å². The molecule has 1 aromatic rings. The highest BCUT2D eigenvalue weighted by atomic mass is 32.1. The Kier molecular flexibility index (Phi) is 5.08. The zero-order chi connectivity index (χ0) is 13.9. The summed E-state index contributed by atoms with van der Waals surface area (Å²) in [5.74, 6) is 1.15. The standard InChI is InChI=1S/C14H22N2OS/c1-8(2)6-11(5)17-14-12(13(15)18)9(3)7-10(4)16-14/h7-8,11H,6H2,1-5H3,(H2,15,18). The Balaban J connectivity index is 3.03. The summed E-state index contributed by atoms with van der Waals surface area (Å²) in [6.07, 6.45) is 1.08. The van der Waals surface area contributed by atoms with Crippen LogP contribution in [0.2, 0.25) is 0 Å². The minimum Gasteiger partial charge on any atom is -0.474 e. The van der Waals surface area contributed by atoms with Crippen LogP contribution in [0.25, 0.3) is 0 Å². The van der Waals surface area contributed by atoms with Crippen molar-refractivity contribution >= 4 is 17.2 Å². The van der Waals surface area contributed by atoms with Crippen LogP contribution in [-0.4, -0.2) is 16.1 Å². The van der Waals surface area contributed by atoms with E-state index in [-0.39, 0.29) is 6.10 Å². The summed E-state index contributed by atoms with van der Waals surface area (Å²) < 4.78 is 5.90. The first-order valence-corrected chi connectivity index (χ1v) is 6.66. The second-order valence-corrected chi connectivity index (χ2v) is 5.62. The molecular weight excluding hydrogens is 244 g/mol. The molecule has 1 aromatic heterocycles. The molecule has 0 saturated carbocycles. The molecule has 0 radical (unpaired) electrons. The van der Waals surface area contributed by atoms with Crippen LogP contribution < -0.4 is 10.5 Å². The van der Waals surface area contributed by atoms with Crippen LogP contribution >= 0.6 is 12.2 Å². The molecule has 18 heavy (non-hydrogen) atoms. The van der Waals surface area contributed by atoms with Crippen LogP contribution in [0.3, 0.4) is 0 Å². The molecule has 3 nitrogen and oxygen atoms in total. The smallest absolute Gasteiger partial charge is 0.224 e. The van der Waals surface area contributed by atoms with Crippen molar-refractivity contribution < 1.29 is 4.74 Å². The lowest BCUT2D eigenvalue weighted by atomic mass is 10.1. The van der Waals surface area contributed by atoms with Crippen LogP contribution in [0.5, 0.6) is 5.88 Å². The number of rotatable bonds is 5. The fraction of sp³-hybridized carbons (Fsp3) is 0.571. The molecule has 0 amide bonds. The molecule has 4 heteroatoms. The van der Waals surface area contributed by atoms with Crippen molar-refractivity contribution in [1.29, 1.82) is 0 Å². The van der Waals surface area contributed by atoms with Gasteiger partial charge in [-0.05, 0) is 44.7 Å². The zero-order valence-electron chi connectivity index (χ0n) is 11.8. The SMILES string of the molecule is Cc1cc(C)c(C(N)=S)c(OC(C)CC(C)C)n1. The van der Waals surface area contributed by atoms with Crippen molar-refractivity contribution in [1.82, 2.24) is 4.98 Å². The van der Waals surface area contributed by atoms with E-state index in [0.29, 0.717) is 16.8 Å². The predicted molar refractivity (Wildman–Crippen MR) is 79.1 cm³/mol. The molecule has 100 valence electrons. The van der Waals surface area contributed by atoms with Gasteiger partial charge in [0.05, 0.1) is 11.7 Å². The number of hydrogen-bond acceptors (Lipinski definition) is 3. The van der Waals surface area contributed by atoms with Crippen molar-refractivity contribution in [3.05, 3.63) is 22.9 Å². The van der Waals surface area contributed by atoms with E-state index in [0.717, 1.165) is 23.2 Å².